The zero-order valence-corrected chi connectivity index (χ0v) is 12.4. The standard InChI is InChI=1S/C13H16BrNO3/c1-8-5-6-9(10(14)7-8)11(16)15-13(2,3)12(17)18-4/h5-7H,1-4H3,(H,15,16). The van der Waals surface area contributed by atoms with E-state index in [2.05, 4.69) is 26.0 Å². The number of carbonyl (C=O) groups excluding carboxylic acids is 2. The fraction of sp³-hybridized carbons (Fsp3) is 0.385. The Balaban J connectivity index is 2.92. The molecule has 0 bridgehead atoms. The highest BCUT2D eigenvalue weighted by atomic mass is 79.9. The summed E-state index contributed by atoms with van der Waals surface area (Å²) in [6, 6.07) is 5.40. The van der Waals surface area contributed by atoms with Crippen molar-refractivity contribution in [2.75, 3.05) is 7.11 Å². The largest absolute Gasteiger partial charge is 0.467 e. The minimum absolute atomic E-state index is 0.322. The van der Waals surface area contributed by atoms with Crippen molar-refractivity contribution >= 4 is 27.8 Å². The highest BCUT2D eigenvalue weighted by Gasteiger charge is 2.31. The van der Waals surface area contributed by atoms with E-state index in [1.54, 1.807) is 19.9 Å². The third kappa shape index (κ3) is 3.32. The summed E-state index contributed by atoms with van der Waals surface area (Å²) in [4.78, 5) is 23.6. The van der Waals surface area contributed by atoms with Gasteiger partial charge in [0.2, 0.25) is 0 Å². The van der Waals surface area contributed by atoms with Crippen molar-refractivity contribution in [3.8, 4) is 0 Å². The molecule has 1 rings (SSSR count). The molecule has 18 heavy (non-hydrogen) atoms. The average molecular weight is 314 g/mol. The van der Waals surface area contributed by atoms with Crippen LogP contribution in [0.5, 0.6) is 0 Å². The molecule has 0 fully saturated rings. The number of carbonyl (C=O) groups is 2. The predicted molar refractivity (Wildman–Crippen MR) is 72.4 cm³/mol. The van der Waals surface area contributed by atoms with E-state index < -0.39 is 11.5 Å². The molecule has 1 aromatic carbocycles. The number of ether oxygens (including phenoxy) is 1. The van der Waals surface area contributed by atoms with Gasteiger partial charge in [0.25, 0.3) is 5.91 Å². The second-order valence-corrected chi connectivity index (χ2v) is 5.41. The zero-order valence-electron chi connectivity index (χ0n) is 10.8. The number of nitrogens with one attached hydrogen (secondary N) is 1. The lowest BCUT2D eigenvalue weighted by atomic mass is 10.0. The molecule has 1 aromatic rings. The average Bonchev–Trinajstić information content (AvgIpc) is 2.26. The molecule has 0 aromatic heterocycles. The van der Waals surface area contributed by atoms with Gasteiger partial charge in [0, 0.05) is 4.47 Å². The minimum Gasteiger partial charge on any atom is -0.467 e. The van der Waals surface area contributed by atoms with Crippen LogP contribution in [0, 0.1) is 6.92 Å². The maximum absolute atomic E-state index is 12.1. The van der Waals surface area contributed by atoms with Gasteiger partial charge in [-0.25, -0.2) is 4.79 Å². The van der Waals surface area contributed by atoms with Crippen molar-refractivity contribution in [3.63, 3.8) is 0 Å². The van der Waals surface area contributed by atoms with Crippen molar-refractivity contribution < 1.29 is 14.3 Å². The summed E-state index contributed by atoms with van der Waals surface area (Å²) in [7, 11) is 1.29. The van der Waals surface area contributed by atoms with Gasteiger partial charge in [-0.05, 0) is 54.4 Å². The van der Waals surface area contributed by atoms with Crippen LogP contribution in [0.1, 0.15) is 29.8 Å². The number of rotatable bonds is 3. The first-order chi connectivity index (χ1) is 8.27. The number of benzene rings is 1. The van der Waals surface area contributed by atoms with Crippen LogP contribution < -0.4 is 5.32 Å². The number of aryl methyl sites for hydroxylation is 1. The van der Waals surface area contributed by atoms with Crippen LogP contribution in [-0.2, 0) is 9.53 Å². The number of amides is 1. The van der Waals surface area contributed by atoms with Gasteiger partial charge in [0.05, 0.1) is 12.7 Å². The molecule has 1 amide bonds. The second kappa shape index (κ2) is 5.52. The Kier molecular flexibility index (Phi) is 4.51. The molecule has 0 aliphatic carbocycles. The predicted octanol–water partition coefficient (Wildman–Crippen LogP) is 2.44. The maximum atomic E-state index is 12.1. The van der Waals surface area contributed by atoms with Crippen molar-refractivity contribution in [1.29, 1.82) is 0 Å². The summed E-state index contributed by atoms with van der Waals surface area (Å²) in [5.41, 5.74) is 0.471. The zero-order chi connectivity index (χ0) is 13.9. The molecule has 5 heteroatoms. The lowest BCUT2D eigenvalue weighted by molar-refractivity contribution is -0.146. The Labute approximate surface area is 115 Å². The molecule has 4 nitrogen and oxygen atoms in total. The van der Waals surface area contributed by atoms with Gasteiger partial charge in [-0.1, -0.05) is 6.07 Å². The Morgan fingerprint density at radius 2 is 1.94 bits per heavy atom. The Hall–Kier alpha value is -1.36. The van der Waals surface area contributed by atoms with E-state index in [9.17, 15) is 9.59 Å². The molecule has 0 saturated heterocycles. The normalized spacial score (nSPS) is 10.9. The van der Waals surface area contributed by atoms with Gasteiger partial charge in [-0.2, -0.15) is 0 Å². The molecule has 0 saturated carbocycles. The summed E-state index contributed by atoms with van der Waals surface area (Å²) in [5.74, 6) is -0.809. The lowest BCUT2D eigenvalue weighted by Crippen LogP contribution is -2.50. The van der Waals surface area contributed by atoms with Gasteiger partial charge in [-0.3, -0.25) is 4.79 Å². The number of hydrogen-bond acceptors (Lipinski definition) is 3. The topological polar surface area (TPSA) is 55.4 Å². The summed E-state index contributed by atoms with van der Waals surface area (Å²) in [6.07, 6.45) is 0. The van der Waals surface area contributed by atoms with E-state index in [0.717, 1.165) is 5.56 Å². The van der Waals surface area contributed by atoms with Crippen LogP contribution in [0.4, 0.5) is 0 Å². The molecule has 1 N–H and O–H groups in total. The van der Waals surface area contributed by atoms with Crippen molar-refractivity contribution in [2.45, 2.75) is 26.3 Å². The summed E-state index contributed by atoms with van der Waals surface area (Å²) in [6.45, 7) is 5.13. The van der Waals surface area contributed by atoms with E-state index in [4.69, 9.17) is 0 Å². The fourth-order valence-corrected chi connectivity index (χ4v) is 2.13. The number of methoxy groups -OCH3 is 1. The van der Waals surface area contributed by atoms with Crippen molar-refractivity contribution in [3.05, 3.63) is 33.8 Å². The first kappa shape index (κ1) is 14.7. The molecular formula is C13H16BrNO3. The van der Waals surface area contributed by atoms with E-state index in [-0.39, 0.29) is 5.91 Å². The van der Waals surface area contributed by atoms with Crippen LogP contribution in [0.2, 0.25) is 0 Å². The van der Waals surface area contributed by atoms with E-state index in [1.165, 1.54) is 7.11 Å². The first-order valence-electron chi connectivity index (χ1n) is 5.45. The molecule has 0 heterocycles. The van der Waals surface area contributed by atoms with E-state index >= 15 is 0 Å². The van der Waals surface area contributed by atoms with Gasteiger partial charge < -0.3 is 10.1 Å². The molecule has 0 atom stereocenters. The van der Waals surface area contributed by atoms with Crippen LogP contribution in [0.3, 0.4) is 0 Å². The quantitative estimate of drug-likeness (QED) is 0.872. The monoisotopic (exact) mass is 313 g/mol. The van der Waals surface area contributed by atoms with Crippen LogP contribution in [-0.4, -0.2) is 24.5 Å². The first-order valence-corrected chi connectivity index (χ1v) is 6.24. The number of halogens is 1. The highest BCUT2D eigenvalue weighted by molar-refractivity contribution is 9.10. The second-order valence-electron chi connectivity index (χ2n) is 4.55. The molecule has 0 aliphatic rings. The number of hydrogen-bond donors (Lipinski definition) is 1. The summed E-state index contributed by atoms with van der Waals surface area (Å²) < 4.78 is 5.33. The minimum atomic E-state index is -1.06. The van der Waals surface area contributed by atoms with Crippen molar-refractivity contribution in [2.24, 2.45) is 0 Å². The summed E-state index contributed by atoms with van der Waals surface area (Å²) in [5, 5.41) is 2.64. The Morgan fingerprint density at radius 3 is 2.44 bits per heavy atom. The summed E-state index contributed by atoms with van der Waals surface area (Å²) >= 11 is 3.33. The molecule has 0 aliphatic heterocycles. The molecule has 0 radical (unpaired) electrons. The van der Waals surface area contributed by atoms with Gasteiger partial charge in [-0.15, -0.1) is 0 Å². The van der Waals surface area contributed by atoms with E-state index in [1.807, 2.05) is 19.1 Å². The SMILES string of the molecule is COC(=O)C(C)(C)NC(=O)c1ccc(C)cc1Br. The van der Waals surface area contributed by atoms with Gasteiger partial charge in [0.1, 0.15) is 5.54 Å². The van der Waals surface area contributed by atoms with Crippen LogP contribution >= 0.6 is 15.9 Å². The van der Waals surface area contributed by atoms with Gasteiger partial charge >= 0.3 is 5.97 Å². The highest BCUT2D eigenvalue weighted by Crippen LogP contribution is 2.19. The third-order valence-corrected chi connectivity index (χ3v) is 3.15. The fourth-order valence-electron chi connectivity index (χ4n) is 1.46. The molecule has 0 unspecified atom stereocenters. The smallest absolute Gasteiger partial charge is 0.330 e. The van der Waals surface area contributed by atoms with Crippen LogP contribution in [0.25, 0.3) is 0 Å². The van der Waals surface area contributed by atoms with Gasteiger partial charge in [0.15, 0.2) is 0 Å². The van der Waals surface area contributed by atoms with Crippen molar-refractivity contribution in [1.82, 2.24) is 5.32 Å². The van der Waals surface area contributed by atoms with Crippen LogP contribution in [0.15, 0.2) is 22.7 Å². The third-order valence-electron chi connectivity index (χ3n) is 2.49. The van der Waals surface area contributed by atoms with E-state index in [0.29, 0.717) is 10.0 Å². The molecule has 98 valence electrons. The Morgan fingerprint density at radius 1 is 1.33 bits per heavy atom. The Bertz CT molecular complexity index is 483. The molecular weight excluding hydrogens is 298 g/mol. The maximum Gasteiger partial charge on any atom is 0.330 e. The lowest BCUT2D eigenvalue weighted by Gasteiger charge is -2.23. The molecule has 0 spiro atoms. The number of esters is 1.